The minimum absolute atomic E-state index is 0.241. The molecule has 0 aromatic carbocycles. The molecule has 51 heavy (non-hydrogen) atoms. The van der Waals surface area contributed by atoms with Gasteiger partial charge in [-0.1, -0.05) is 141 Å². The van der Waals surface area contributed by atoms with Gasteiger partial charge in [-0.25, -0.2) is 12.9 Å². The molecule has 1 aliphatic rings. The maximum atomic E-state index is 12.4. The molecule has 1 amide bonds. The number of amidine groups is 1. The minimum Gasteiger partial charge on any atom is -0.726 e. The Hall–Kier alpha value is -1.55. The summed E-state index contributed by atoms with van der Waals surface area (Å²) in [6.45, 7) is 8.58. The Kier molecular flexibility index (Phi) is 34.4. The van der Waals surface area contributed by atoms with Crippen LogP contribution in [0.3, 0.4) is 0 Å². The third-order valence-electron chi connectivity index (χ3n) is 10.1. The first-order valence-electron chi connectivity index (χ1n) is 21.2. The van der Waals surface area contributed by atoms with Crippen LogP contribution in [0.5, 0.6) is 0 Å². The third kappa shape index (κ3) is 34.0. The van der Waals surface area contributed by atoms with Gasteiger partial charge >= 0.3 is 5.84 Å². The average molecular weight is 741 g/mol. The third-order valence-corrected chi connectivity index (χ3v) is 10.5. The van der Waals surface area contributed by atoms with E-state index in [0.717, 1.165) is 44.2 Å². The van der Waals surface area contributed by atoms with E-state index in [-0.39, 0.29) is 5.91 Å². The zero-order valence-corrected chi connectivity index (χ0v) is 34.7. The van der Waals surface area contributed by atoms with E-state index in [1.807, 2.05) is 0 Å². The summed E-state index contributed by atoms with van der Waals surface area (Å²) in [6.07, 6.45) is 45.9. The Balaban J connectivity index is 0.00000381. The zero-order chi connectivity index (χ0) is 37.7. The van der Waals surface area contributed by atoms with Crippen molar-refractivity contribution in [1.29, 1.82) is 0 Å². The Morgan fingerprint density at radius 1 is 0.706 bits per heavy atom. The molecule has 300 valence electrons. The molecular weight excluding hydrogens is 659 g/mol. The molecule has 1 heterocycles. The normalized spacial score (nSPS) is 16.1. The van der Waals surface area contributed by atoms with Crippen molar-refractivity contribution < 1.29 is 31.4 Å². The number of likely N-dealkylation sites (N-methyl/N-ethyl adjacent to an activating group) is 1. The summed E-state index contributed by atoms with van der Waals surface area (Å²) in [5.74, 6) is 1.73. The number of quaternary nitrogens is 1. The maximum absolute atomic E-state index is 12.4. The van der Waals surface area contributed by atoms with E-state index in [2.05, 4.69) is 59.7 Å². The van der Waals surface area contributed by atoms with Gasteiger partial charge in [-0.15, -0.1) is 0 Å². The second-order valence-corrected chi connectivity index (χ2v) is 16.0. The van der Waals surface area contributed by atoms with Crippen LogP contribution in [-0.2, 0) is 19.4 Å². The number of carbonyl (C=O) groups is 1. The van der Waals surface area contributed by atoms with Crippen LogP contribution in [0.2, 0.25) is 0 Å². The SMILES string of the molecule is CCCCCCCC/C=C\CCCCCCCC(=O)NCC[N+]1(C)CC[NH+]=C1CCCCCCC/C=C\CCCCCCCC.COS(=O)(=O)[O-]. The number of rotatable bonds is 34. The number of nitrogens with one attached hydrogen (secondary N) is 2. The number of allylic oxidation sites excluding steroid dienone is 4. The molecule has 2 N–H and O–H groups in total. The monoisotopic (exact) mass is 741 g/mol. The van der Waals surface area contributed by atoms with E-state index in [1.54, 1.807) is 0 Å². The number of hydrogen-bond acceptors (Lipinski definition) is 5. The van der Waals surface area contributed by atoms with Gasteiger partial charge in [0.1, 0.15) is 13.1 Å². The Morgan fingerprint density at radius 3 is 1.53 bits per heavy atom. The first-order chi connectivity index (χ1) is 24.7. The summed E-state index contributed by atoms with van der Waals surface area (Å²) in [7, 11) is -1.25. The molecule has 0 radical (unpaired) electrons. The van der Waals surface area contributed by atoms with E-state index >= 15 is 0 Å². The second kappa shape index (κ2) is 35.5. The molecule has 0 saturated carbocycles. The highest BCUT2D eigenvalue weighted by atomic mass is 32.3. The van der Waals surface area contributed by atoms with Gasteiger partial charge in [-0.2, -0.15) is 4.99 Å². The van der Waals surface area contributed by atoms with Crippen LogP contribution in [0.4, 0.5) is 0 Å². The highest BCUT2D eigenvalue weighted by Crippen LogP contribution is 2.14. The molecule has 0 fully saturated rings. The summed E-state index contributed by atoms with van der Waals surface area (Å²) < 4.78 is 32.0. The van der Waals surface area contributed by atoms with Gasteiger partial charge in [-0.05, 0) is 64.2 Å². The zero-order valence-electron chi connectivity index (χ0n) is 33.8. The minimum atomic E-state index is -4.41. The van der Waals surface area contributed by atoms with Crippen molar-refractivity contribution >= 4 is 22.1 Å². The molecular formula is C42H82N3O5S+. The molecule has 0 saturated heterocycles. The van der Waals surface area contributed by atoms with Gasteiger partial charge in [0.25, 0.3) is 0 Å². The lowest BCUT2D eigenvalue weighted by Gasteiger charge is -2.26. The largest absolute Gasteiger partial charge is 0.726 e. The van der Waals surface area contributed by atoms with Crippen molar-refractivity contribution in [2.75, 3.05) is 40.3 Å². The number of hydrogen-bond donors (Lipinski definition) is 2. The fourth-order valence-corrected chi connectivity index (χ4v) is 6.63. The Morgan fingerprint density at radius 2 is 1.10 bits per heavy atom. The molecule has 1 rings (SSSR count). The van der Waals surface area contributed by atoms with Gasteiger partial charge in [0.2, 0.25) is 16.3 Å². The van der Waals surface area contributed by atoms with Crippen LogP contribution in [-0.4, -0.2) is 69.5 Å². The van der Waals surface area contributed by atoms with Crippen LogP contribution < -0.4 is 10.3 Å². The quantitative estimate of drug-likeness (QED) is 0.0225. The molecule has 1 aliphatic heterocycles. The van der Waals surface area contributed by atoms with Crippen LogP contribution >= 0.6 is 0 Å². The predicted molar refractivity (Wildman–Crippen MR) is 215 cm³/mol. The van der Waals surface area contributed by atoms with Crippen LogP contribution in [0, 0.1) is 0 Å². The first-order valence-corrected chi connectivity index (χ1v) is 22.5. The van der Waals surface area contributed by atoms with E-state index in [1.165, 1.54) is 173 Å². The highest BCUT2D eigenvalue weighted by Gasteiger charge is 2.38. The Labute approximate surface area is 316 Å². The topological polar surface area (TPSA) is 110 Å². The highest BCUT2D eigenvalue weighted by molar-refractivity contribution is 7.80. The smallest absolute Gasteiger partial charge is 0.336 e. The van der Waals surface area contributed by atoms with Crippen LogP contribution in [0.15, 0.2) is 24.3 Å². The average Bonchev–Trinajstić information content (AvgIpc) is 3.47. The second-order valence-electron chi connectivity index (χ2n) is 14.8. The fourth-order valence-electron chi connectivity index (χ4n) is 6.63. The van der Waals surface area contributed by atoms with E-state index in [9.17, 15) is 17.8 Å². The van der Waals surface area contributed by atoms with Gasteiger partial charge in [-0.3, -0.25) is 8.98 Å². The molecule has 0 spiro atoms. The molecule has 1 atom stereocenters. The molecule has 0 aliphatic carbocycles. The van der Waals surface area contributed by atoms with E-state index in [4.69, 9.17) is 0 Å². The van der Waals surface area contributed by atoms with Crippen molar-refractivity contribution in [3.63, 3.8) is 0 Å². The predicted octanol–water partition coefficient (Wildman–Crippen LogP) is 9.21. The van der Waals surface area contributed by atoms with Crippen molar-refractivity contribution in [2.45, 2.75) is 194 Å². The molecule has 0 aromatic heterocycles. The van der Waals surface area contributed by atoms with Gasteiger partial charge in [0.05, 0.1) is 27.1 Å². The van der Waals surface area contributed by atoms with Crippen LogP contribution in [0.1, 0.15) is 194 Å². The van der Waals surface area contributed by atoms with Crippen molar-refractivity contribution in [2.24, 2.45) is 0 Å². The van der Waals surface area contributed by atoms with Crippen LogP contribution in [0.25, 0.3) is 0 Å². The summed E-state index contributed by atoms with van der Waals surface area (Å²) in [5, 5.41) is 3.22. The van der Waals surface area contributed by atoms with Gasteiger partial charge in [0, 0.05) is 6.42 Å². The summed E-state index contributed by atoms with van der Waals surface area (Å²) in [6, 6.07) is 0. The summed E-state index contributed by atoms with van der Waals surface area (Å²) in [4.78, 5) is 16.1. The fraction of sp³-hybridized carbons (Fsp3) is 0.857. The maximum Gasteiger partial charge on any atom is 0.336 e. The first kappa shape index (κ1) is 49.5. The van der Waals surface area contributed by atoms with Gasteiger partial charge in [0.15, 0.2) is 6.54 Å². The Bertz CT molecular complexity index is 998. The molecule has 1 unspecified atom stereocenters. The van der Waals surface area contributed by atoms with Gasteiger partial charge < -0.3 is 9.87 Å². The molecule has 9 heteroatoms. The lowest BCUT2D eigenvalue weighted by molar-refractivity contribution is -0.816. The van der Waals surface area contributed by atoms with E-state index < -0.39 is 10.4 Å². The number of nitrogens with zero attached hydrogens (tertiary/aromatic N) is 1. The van der Waals surface area contributed by atoms with Crippen molar-refractivity contribution in [1.82, 2.24) is 5.32 Å². The van der Waals surface area contributed by atoms with E-state index in [0.29, 0.717) is 6.42 Å². The molecule has 0 aromatic rings. The molecule has 0 bridgehead atoms. The molecule has 8 nitrogen and oxygen atoms in total. The lowest BCUT2D eigenvalue weighted by Crippen LogP contribution is -2.72. The number of carbonyl (C=O) groups excluding carboxylic acids is 1. The summed E-state index contributed by atoms with van der Waals surface area (Å²) in [5.41, 5.74) is 0. The van der Waals surface area contributed by atoms with Crippen molar-refractivity contribution in [3.8, 4) is 0 Å². The number of unbranched alkanes of at least 4 members (excludes halogenated alkanes) is 22. The number of amides is 1. The summed E-state index contributed by atoms with van der Waals surface area (Å²) >= 11 is 0. The standard InChI is InChI=1S/C41H77N3O.CH4O4S/c1-4-6-8-10-12-14-16-18-20-22-24-26-28-30-32-34-40-42-36-38-44(40,3)39-37-43-41(45)35-33-31-29-27-25-23-21-19-17-15-13-11-9-7-5-2;1-5-6(2,3)4/h18-21H,4-17,22-39H2,1-3H3;1H3,(H,2,3,4)/p+1/b20-18-,21-19-;. The van der Waals surface area contributed by atoms with Crippen molar-refractivity contribution in [3.05, 3.63) is 24.3 Å². The lowest BCUT2D eigenvalue weighted by atomic mass is 10.1.